The first-order chi connectivity index (χ1) is 14.6. The SMILES string of the molecule is CCCN(CCC)c1ccc(-c2cccc(OC(C)(C)COC(C)(C)C)c2C#N)cc1. The van der Waals surface area contributed by atoms with Crippen molar-refractivity contribution < 1.29 is 9.47 Å². The van der Waals surface area contributed by atoms with Crippen LogP contribution in [-0.4, -0.2) is 30.9 Å². The van der Waals surface area contributed by atoms with Crippen LogP contribution in [-0.2, 0) is 4.74 Å². The van der Waals surface area contributed by atoms with E-state index in [0.29, 0.717) is 17.9 Å². The molecule has 168 valence electrons. The van der Waals surface area contributed by atoms with E-state index < -0.39 is 5.60 Å². The van der Waals surface area contributed by atoms with Crippen molar-refractivity contribution >= 4 is 5.69 Å². The van der Waals surface area contributed by atoms with E-state index in [1.807, 2.05) is 52.8 Å². The molecule has 0 heterocycles. The largest absolute Gasteiger partial charge is 0.484 e. The van der Waals surface area contributed by atoms with Crippen LogP contribution in [0.4, 0.5) is 5.69 Å². The zero-order chi connectivity index (χ0) is 23.1. The number of rotatable bonds is 10. The minimum absolute atomic E-state index is 0.244. The molecule has 2 rings (SSSR count). The van der Waals surface area contributed by atoms with E-state index in [1.165, 1.54) is 5.69 Å². The van der Waals surface area contributed by atoms with Gasteiger partial charge in [0.1, 0.15) is 23.0 Å². The molecule has 0 bridgehead atoms. The Bertz CT molecular complexity index is 868. The van der Waals surface area contributed by atoms with Gasteiger partial charge in [-0.05, 0) is 71.2 Å². The lowest BCUT2D eigenvalue weighted by atomic mass is 9.98. The van der Waals surface area contributed by atoms with E-state index in [0.717, 1.165) is 37.1 Å². The molecule has 0 saturated carbocycles. The lowest BCUT2D eigenvalue weighted by Gasteiger charge is -2.31. The summed E-state index contributed by atoms with van der Waals surface area (Å²) < 4.78 is 12.2. The van der Waals surface area contributed by atoms with Gasteiger partial charge in [0.25, 0.3) is 0 Å². The first-order valence-electron chi connectivity index (χ1n) is 11.3. The van der Waals surface area contributed by atoms with Crippen LogP contribution in [0.15, 0.2) is 42.5 Å². The Labute approximate surface area is 188 Å². The highest BCUT2D eigenvalue weighted by Gasteiger charge is 2.25. The van der Waals surface area contributed by atoms with Crippen LogP contribution in [0, 0.1) is 11.3 Å². The van der Waals surface area contributed by atoms with E-state index in [1.54, 1.807) is 0 Å². The number of ether oxygens (including phenoxy) is 2. The molecule has 0 N–H and O–H groups in total. The molecule has 0 radical (unpaired) electrons. The number of hydrogen-bond donors (Lipinski definition) is 0. The van der Waals surface area contributed by atoms with Gasteiger partial charge in [0.2, 0.25) is 0 Å². The highest BCUT2D eigenvalue weighted by Crippen LogP contribution is 2.33. The van der Waals surface area contributed by atoms with E-state index in [4.69, 9.17) is 9.47 Å². The molecule has 0 saturated heterocycles. The average molecular weight is 423 g/mol. The standard InChI is InChI=1S/C27H38N2O2/c1-8-17-29(18-9-2)22-15-13-21(14-16-22)23-11-10-12-25(24(23)19-28)31-27(6,7)20-30-26(3,4)5/h10-16H,8-9,17-18,20H2,1-7H3. The van der Waals surface area contributed by atoms with Crippen molar-refractivity contribution in [3.8, 4) is 22.9 Å². The molecule has 4 nitrogen and oxygen atoms in total. The molecule has 0 atom stereocenters. The molecule has 4 heteroatoms. The zero-order valence-corrected chi connectivity index (χ0v) is 20.3. The monoisotopic (exact) mass is 422 g/mol. The molecule has 2 aromatic rings. The topological polar surface area (TPSA) is 45.5 Å². The Morgan fingerprint density at radius 3 is 2.03 bits per heavy atom. The molecular formula is C27H38N2O2. The van der Waals surface area contributed by atoms with E-state index >= 15 is 0 Å². The highest BCUT2D eigenvalue weighted by atomic mass is 16.6. The Morgan fingerprint density at radius 2 is 1.52 bits per heavy atom. The molecule has 0 aliphatic heterocycles. The van der Waals surface area contributed by atoms with Gasteiger partial charge in [0, 0.05) is 24.3 Å². The molecule has 0 aliphatic carbocycles. The second-order valence-electron chi connectivity index (χ2n) is 9.59. The van der Waals surface area contributed by atoms with Crippen molar-refractivity contribution in [1.29, 1.82) is 5.26 Å². The van der Waals surface area contributed by atoms with Gasteiger partial charge >= 0.3 is 0 Å². The Balaban J connectivity index is 2.30. The third-order valence-corrected chi connectivity index (χ3v) is 4.91. The molecule has 2 aromatic carbocycles. The van der Waals surface area contributed by atoms with Crippen molar-refractivity contribution in [2.24, 2.45) is 0 Å². The fraction of sp³-hybridized carbons (Fsp3) is 0.519. The van der Waals surface area contributed by atoms with Crippen LogP contribution >= 0.6 is 0 Å². The van der Waals surface area contributed by atoms with Crippen LogP contribution in [0.3, 0.4) is 0 Å². The number of benzene rings is 2. The maximum atomic E-state index is 9.93. The van der Waals surface area contributed by atoms with Crippen LogP contribution in [0.1, 0.15) is 66.9 Å². The fourth-order valence-corrected chi connectivity index (χ4v) is 3.45. The Kier molecular flexibility index (Phi) is 8.53. The smallest absolute Gasteiger partial charge is 0.138 e. The summed E-state index contributed by atoms with van der Waals surface area (Å²) >= 11 is 0. The van der Waals surface area contributed by atoms with Crippen molar-refractivity contribution in [2.75, 3.05) is 24.6 Å². The van der Waals surface area contributed by atoms with Gasteiger partial charge in [-0.3, -0.25) is 0 Å². The molecular weight excluding hydrogens is 384 g/mol. The van der Waals surface area contributed by atoms with Gasteiger partial charge < -0.3 is 14.4 Å². The maximum Gasteiger partial charge on any atom is 0.138 e. The molecule has 0 fully saturated rings. The molecule has 0 amide bonds. The number of hydrogen-bond acceptors (Lipinski definition) is 4. The third kappa shape index (κ3) is 7.29. The predicted molar refractivity (Wildman–Crippen MR) is 130 cm³/mol. The van der Waals surface area contributed by atoms with Crippen LogP contribution in [0.5, 0.6) is 5.75 Å². The number of nitriles is 1. The van der Waals surface area contributed by atoms with Crippen LogP contribution in [0.25, 0.3) is 11.1 Å². The Morgan fingerprint density at radius 1 is 0.903 bits per heavy atom. The summed E-state index contributed by atoms with van der Waals surface area (Å²) in [6, 6.07) is 16.6. The van der Waals surface area contributed by atoms with E-state index in [-0.39, 0.29) is 5.60 Å². The lowest BCUT2D eigenvalue weighted by molar-refractivity contribution is -0.0723. The first kappa shape index (κ1) is 24.8. The van der Waals surface area contributed by atoms with Gasteiger partial charge in [-0.15, -0.1) is 0 Å². The second kappa shape index (κ2) is 10.7. The van der Waals surface area contributed by atoms with E-state index in [2.05, 4.69) is 49.1 Å². The van der Waals surface area contributed by atoms with Gasteiger partial charge in [0.15, 0.2) is 0 Å². The van der Waals surface area contributed by atoms with Gasteiger partial charge in [-0.1, -0.05) is 38.1 Å². The molecule has 0 spiro atoms. The Hall–Kier alpha value is -2.51. The molecule has 31 heavy (non-hydrogen) atoms. The first-order valence-corrected chi connectivity index (χ1v) is 11.3. The molecule has 0 unspecified atom stereocenters. The van der Waals surface area contributed by atoms with Crippen molar-refractivity contribution in [1.82, 2.24) is 0 Å². The summed E-state index contributed by atoms with van der Waals surface area (Å²) in [5, 5.41) is 9.93. The normalized spacial score (nSPS) is 11.8. The van der Waals surface area contributed by atoms with Crippen molar-refractivity contribution in [3.05, 3.63) is 48.0 Å². The van der Waals surface area contributed by atoms with Crippen molar-refractivity contribution in [3.63, 3.8) is 0 Å². The van der Waals surface area contributed by atoms with Crippen LogP contribution in [0.2, 0.25) is 0 Å². The second-order valence-corrected chi connectivity index (χ2v) is 9.59. The summed E-state index contributed by atoms with van der Waals surface area (Å²) in [6.45, 7) is 17.0. The van der Waals surface area contributed by atoms with Gasteiger partial charge in [-0.25, -0.2) is 0 Å². The minimum Gasteiger partial charge on any atom is -0.484 e. The minimum atomic E-state index is -0.553. The number of anilines is 1. The summed E-state index contributed by atoms with van der Waals surface area (Å²) in [5.74, 6) is 0.588. The number of nitrogens with zero attached hydrogens (tertiary/aromatic N) is 2. The summed E-state index contributed by atoms with van der Waals surface area (Å²) in [5.41, 5.74) is 2.88. The maximum absolute atomic E-state index is 9.93. The zero-order valence-electron chi connectivity index (χ0n) is 20.3. The lowest BCUT2D eigenvalue weighted by Crippen LogP contribution is -2.38. The third-order valence-electron chi connectivity index (χ3n) is 4.91. The van der Waals surface area contributed by atoms with Crippen LogP contribution < -0.4 is 9.64 Å². The quantitative estimate of drug-likeness (QED) is 0.421. The summed E-state index contributed by atoms with van der Waals surface area (Å²) in [7, 11) is 0. The molecule has 0 aromatic heterocycles. The predicted octanol–water partition coefficient (Wildman–Crippen LogP) is 6.82. The highest BCUT2D eigenvalue weighted by molar-refractivity contribution is 5.75. The van der Waals surface area contributed by atoms with Crippen molar-refractivity contribution in [2.45, 2.75) is 72.5 Å². The molecule has 0 aliphatic rings. The fourth-order valence-electron chi connectivity index (χ4n) is 3.45. The average Bonchev–Trinajstić information content (AvgIpc) is 2.71. The van der Waals surface area contributed by atoms with Gasteiger partial charge in [-0.2, -0.15) is 5.26 Å². The van der Waals surface area contributed by atoms with Gasteiger partial charge in [0.05, 0.1) is 12.2 Å². The van der Waals surface area contributed by atoms with E-state index in [9.17, 15) is 5.26 Å². The summed E-state index contributed by atoms with van der Waals surface area (Å²) in [6.07, 6.45) is 2.24. The summed E-state index contributed by atoms with van der Waals surface area (Å²) in [4.78, 5) is 2.41.